The van der Waals surface area contributed by atoms with Gasteiger partial charge < -0.3 is 0 Å². The van der Waals surface area contributed by atoms with Crippen LogP contribution in [0, 0.1) is 0 Å². The fourth-order valence-electron chi connectivity index (χ4n) is 2.80. The Balaban J connectivity index is 1.69. The van der Waals surface area contributed by atoms with Gasteiger partial charge in [0.1, 0.15) is 0 Å². The van der Waals surface area contributed by atoms with Crippen LogP contribution in [0.25, 0.3) is 22.2 Å². The summed E-state index contributed by atoms with van der Waals surface area (Å²) in [6.07, 6.45) is 0. The maximum absolute atomic E-state index is 12.4. The zero-order valence-electron chi connectivity index (χ0n) is 14.5. The van der Waals surface area contributed by atoms with Crippen molar-refractivity contribution >= 4 is 50.3 Å². The SMILES string of the molecule is O=C(NNc1nc(-c2ccccc2)c2cc(Br)ccc2n1)c1ccccc1Cl. The Labute approximate surface area is 174 Å². The van der Waals surface area contributed by atoms with E-state index in [0.717, 1.165) is 26.6 Å². The van der Waals surface area contributed by atoms with Gasteiger partial charge in [-0.15, -0.1) is 0 Å². The van der Waals surface area contributed by atoms with E-state index in [1.165, 1.54) is 0 Å². The summed E-state index contributed by atoms with van der Waals surface area (Å²) in [5.74, 6) is -0.0829. The number of hydrazine groups is 1. The van der Waals surface area contributed by atoms with Crippen molar-refractivity contribution in [2.45, 2.75) is 0 Å². The molecule has 0 aliphatic carbocycles. The number of halogens is 2. The van der Waals surface area contributed by atoms with Crippen molar-refractivity contribution in [3.05, 3.63) is 87.9 Å². The number of benzene rings is 3. The lowest BCUT2D eigenvalue weighted by molar-refractivity contribution is 0.0962. The number of carbonyl (C=O) groups is 1. The van der Waals surface area contributed by atoms with Gasteiger partial charge in [0.25, 0.3) is 5.91 Å². The molecular formula is C21H14BrClN4O. The van der Waals surface area contributed by atoms with Crippen molar-refractivity contribution in [1.29, 1.82) is 0 Å². The molecule has 138 valence electrons. The van der Waals surface area contributed by atoms with Crippen molar-refractivity contribution in [2.24, 2.45) is 0 Å². The lowest BCUT2D eigenvalue weighted by Gasteiger charge is -2.12. The van der Waals surface area contributed by atoms with E-state index < -0.39 is 0 Å². The molecule has 0 fully saturated rings. The topological polar surface area (TPSA) is 66.9 Å². The smallest absolute Gasteiger partial charge is 0.267 e. The summed E-state index contributed by atoms with van der Waals surface area (Å²) in [5.41, 5.74) is 8.24. The molecule has 7 heteroatoms. The number of fused-ring (bicyclic) bond motifs is 1. The molecule has 4 rings (SSSR count). The third-order valence-corrected chi connectivity index (χ3v) is 4.93. The van der Waals surface area contributed by atoms with E-state index in [0.29, 0.717) is 10.6 Å². The first kappa shape index (κ1) is 18.4. The first-order chi connectivity index (χ1) is 13.6. The summed E-state index contributed by atoms with van der Waals surface area (Å²) in [7, 11) is 0. The minimum atomic E-state index is -0.369. The van der Waals surface area contributed by atoms with E-state index in [4.69, 9.17) is 11.6 Å². The maximum atomic E-state index is 12.4. The molecule has 3 aromatic carbocycles. The third-order valence-electron chi connectivity index (χ3n) is 4.11. The van der Waals surface area contributed by atoms with Crippen LogP contribution >= 0.6 is 27.5 Å². The summed E-state index contributed by atoms with van der Waals surface area (Å²) in [6.45, 7) is 0. The normalized spacial score (nSPS) is 10.6. The molecule has 0 saturated carbocycles. The largest absolute Gasteiger partial charge is 0.271 e. The number of carbonyl (C=O) groups excluding carboxylic acids is 1. The highest BCUT2D eigenvalue weighted by molar-refractivity contribution is 9.10. The first-order valence-corrected chi connectivity index (χ1v) is 9.62. The predicted molar refractivity (Wildman–Crippen MR) is 115 cm³/mol. The molecule has 4 aromatic rings. The van der Waals surface area contributed by atoms with E-state index >= 15 is 0 Å². The molecule has 0 unspecified atom stereocenters. The summed E-state index contributed by atoms with van der Waals surface area (Å²) >= 11 is 9.57. The Kier molecular flexibility index (Phi) is 5.23. The molecular weight excluding hydrogens is 440 g/mol. The number of amides is 1. The molecule has 28 heavy (non-hydrogen) atoms. The second-order valence-electron chi connectivity index (χ2n) is 5.98. The molecule has 1 aromatic heterocycles. The molecule has 0 saturated heterocycles. The minimum Gasteiger partial charge on any atom is -0.267 e. The molecule has 0 spiro atoms. The zero-order valence-corrected chi connectivity index (χ0v) is 16.8. The van der Waals surface area contributed by atoms with Crippen LogP contribution in [0.1, 0.15) is 10.4 Å². The highest BCUT2D eigenvalue weighted by atomic mass is 79.9. The number of nitrogens with zero attached hydrogens (tertiary/aromatic N) is 2. The summed E-state index contributed by atoms with van der Waals surface area (Å²) in [6, 6.07) is 22.4. The van der Waals surface area contributed by atoms with Gasteiger partial charge in [0, 0.05) is 15.4 Å². The van der Waals surface area contributed by atoms with E-state index in [9.17, 15) is 4.79 Å². The summed E-state index contributed by atoms with van der Waals surface area (Å²) < 4.78 is 0.938. The van der Waals surface area contributed by atoms with Gasteiger partial charge in [-0.2, -0.15) is 0 Å². The van der Waals surface area contributed by atoms with Gasteiger partial charge in [0.2, 0.25) is 5.95 Å². The Morgan fingerprint density at radius 1 is 0.929 bits per heavy atom. The molecule has 0 aliphatic rings. The minimum absolute atomic E-state index is 0.286. The molecule has 2 N–H and O–H groups in total. The standard InChI is InChI=1S/C21H14BrClN4O/c22-14-10-11-18-16(12-14)19(13-6-2-1-3-7-13)25-21(24-18)27-26-20(28)15-8-4-5-9-17(15)23/h1-12H,(H,26,28)(H,24,25,27). The average molecular weight is 454 g/mol. The lowest BCUT2D eigenvalue weighted by Crippen LogP contribution is -2.30. The van der Waals surface area contributed by atoms with Gasteiger partial charge in [-0.3, -0.25) is 15.6 Å². The Morgan fingerprint density at radius 3 is 2.46 bits per heavy atom. The first-order valence-electron chi connectivity index (χ1n) is 8.45. The van der Waals surface area contributed by atoms with Gasteiger partial charge in [-0.1, -0.05) is 70.0 Å². The molecule has 1 amide bonds. The van der Waals surface area contributed by atoms with Crippen molar-refractivity contribution in [2.75, 3.05) is 5.43 Å². The van der Waals surface area contributed by atoms with Crippen molar-refractivity contribution in [1.82, 2.24) is 15.4 Å². The second-order valence-corrected chi connectivity index (χ2v) is 7.31. The van der Waals surface area contributed by atoms with Crippen LogP contribution in [-0.2, 0) is 0 Å². The highest BCUT2D eigenvalue weighted by Gasteiger charge is 2.13. The zero-order chi connectivity index (χ0) is 19.5. The Hall–Kier alpha value is -2.96. The number of rotatable bonds is 4. The third kappa shape index (κ3) is 3.83. The van der Waals surface area contributed by atoms with Crippen molar-refractivity contribution in [3.63, 3.8) is 0 Å². The molecule has 0 aliphatic heterocycles. The Morgan fingerprint density at radius 2 is 1.68 bits per heavy atom. The quantitative estimate of drug-likeness (QED) is 0.402. The van der Waals surface area contributed by atoms with Gasteiger partial charge in [0.15, 0.2) is 0 Å². The molecule has 0 atom stereocenters. The second kappa shape index (κ2) is 7.96. The lowest BCUT2D eigenvalue weighted by atomic mass is 10.1. The van der Waals surface area contributed by atoms with Crippen LogP contribution in [0.4, 0.5) is 5.95 Å². The molecule has 0 bridgehead atoms. The van der Waals surface area contributed by atoms with Gasteiger partial charge in [-0.25, -0.2) is 9.97 Å². The average Bonchev–Trinajstić information content (AvgIpc) is 2.72. The number of aromatic nitrogens is 2. The van der Waals surface area contributed by atoms with E-state index in [1.54, 1.807) is 24.3 Å². The fraction of sp³-hybridized carbons (Fsp3) is 0. The monoisotopic (exact) mass is 452 g/mol. The number of nitrogens with one attached hydrogen (secondary N) is 2. The van der Waals surface area contributed by atoms with Crippen LogP contribution in [0.3, 0.4) is 0 Å². The summed E-state index contributed by atoms with van der Waals surface area (Å²) in [5, 5.41) is 1.28. The summed E-state index contributed by atoms with van der Waals surface area (Å²) in [4.78, 5) is 21.5. The van der Waals surface area contributed by atoms with Gasteiger partial charge >= 0.3 is 0 Å². The predicted octanol–water partition coefficient (Wildman–Crippen LogP) is 5.47. The molecule has 5 nitrogen and oxygen atoms in total. The van der Waals surface area contributed by atoms with E-state index in [2.05, 4.69) is 36.7 Å². The fourth-order valence-corrected chi connectivity index (χ4v) is 3.38. The number of anilines is 1. The van der Waals surface area contributed by atoms with E-state index in [1.807, 2.05) is 48.5 Å². The number of hydrogen-bond donors (Lipinski definition) is 2. The maximum Gasteiger partial charge on any atom is 0.271 e. The number of hydrogen-bond acceptors (Lipinski definition) is 4. The van der Waals surface area contributed by atoms with Crippen LogP contribution in [0.2, 0.25) is 5.02 Å². The highest BCUT2D eigenvalue weighted by Crippen LogP contribution is 2.29. The van der Waals surface area contributed by atoms with Crippen LogP contribution < -0.4 is 10.9 Å². The van der Waals surface area contributed by atoms with Crippen LogP contribution in [0.15, 0.2) is 77.3 Å². The Bertz CT molecular complexity index is 1170. The van der Waals surface area contributed by atoms with Crippen LogP contribution in [-0.4, -0.2) is 15.9 Å². The van der Waals surface area contributed by atoms with Crippen molar-refractivity contribution in [3.8, 4) is 11.3 Å². The molecule has 1 heterocycles. The van der Waals surface area contributed by atoms with Gasteiger partial charge in [0.05, 0.1) is 21.8 Å². The van der Waals surface area contributed by atoms with Crippen LogP contribution in [0.5, 0.6) is 0 Å². The van der Waals surface area contributed by atoms with E-state index in [-0.39, 0.29) is 11.9 Å². The van der Waals surface area contributed by atoms with Crippen molar-refractivity contribution < 1.29 is 4.79 Å². The molecule has 0 radical (unpaired) electrons. The van der Waals surface area contributed by atoms with Gasteiger partial charge in [-0.05, 0) is 30.3 Å².